The van der Waals surface area contributed by atoms with Crippen LogP contribution >= 0.6 is 0 Å². The van der Waals surface area contributed by atoms with Gasteiger partial charge in [-0.05, 0) is 67.8 Å². The van der Waals surface area contributed by atoms with Gasteiger partial charge >= 0.3 is 5.97 Å². The Hall–Kier alpha value is -2.71. The SMILES string of the molecule is COc1ccc(C(=O)COC(=O)CCCNS(=O)(=O)c2ccc(C)c(C)c2)cc1. The van der Waals surface area contributed by atoms with Gasteiger partial charge in [-0.3, -0.25) is 9.59 Å². The highest BCUT2D eigenvalue weighted by Crippen LogP contribution is 2.15. The first-order chi connectivity index (χ1) is 13.7. The number of benzene rings is 2. The highest BCUT2D eigenvalue weighted by molar-refractivity contribution is 7.89. The Morgan fingerprint density at radius 3 is 2.31 bits per heavy atom. The second-order valence-corrected chi connectivity index (χ2v) is 8.33. The average Bonchev–Trinajstić information content (AvgIpc) is 2.71. The third-order valence-electron chi connectivity index (χ3n) is 4.41. The van der Waals surface area contributed by atoms with E-state index in [1.54, 1.807) is 42.5 Å². The van der Waals surface area contributed by atoms with Crippen LogP contribution in [0.3, 0.4) is 0 Å². The van der Waals surface area contributed by atoms with Crippen LogP contribution in [-0.4, -0.2) is 40.4 Å². The van der Waals surface area contributed by atoms with Crippen molar-refractivity contribution in [1.29, 1.82) is 0 Å². The molecule has 0 aliphatic rings. The minimum atomic E-state index is -3.63. The molecule has 29 heavy (non-hydrogen) atoms. The first-order valence-electron chi connectivity index (χ1n) is 9.13. The van der Waals surface area contributed by atoms with Gasteiger partial charge in [-0.2, -0.15) is 0 Å². The number of carbonyl (C=O) groups excluding carboxylic acids is 2. The third kappa shape index (κ3) is 6.69. The molecule has 2 aromatic rings. The number of nitrogens with one attached hydrogen (secondary N) is 1. The summed E-state index contributed by atoms with van der Waals surface area (Å²) >= 11 is 0. The zero-order valence-corrected chi connectivity index (χ0v) is 17.5. The summed E-state index contributed by atoms with van der Waals surface area (Å²) in [5.74, 6) is -0.254. The molecule has 0 saturated heterocycles. The summed E-state index contributed by atoms with van der Waals surface area (Å²) in [6.45, 7) is 3.48. The second kappa shape index (κ2) is 10.2. The molecule has 0 unspecified atom stereocenters. The van der Waals surface area contributed by atoms with Crippen molar-refractivity contribution in [3.05, 3.63) is 59.2 Å². The van der Waals surface area contributed by atoms with Gasteiger partial charge in [0.15, 0.2) is 12.4 Å². The van der Waals surface area contributed by atoms with Crippen molar-refractivity contribution in [2.24, 2.45) is 0 Å². The monoisotopic (exact) mass is 419 g/mol. The molecule has 0 amide bonds. The molecule has 0 saturated carbocycles. The summed E-state index contributed by atoms with van der Waals surface area (Å²) < 4.78 is 37.0. The van der Waals surface area contributed by atoms with Gasteiger partial charge in [-0.15, -0.1) is 0 Å². The highest BCUT2D eigenvalue weighted by atomic mass is 32.2. The maximum absolute atomic E-state index is 12.3. The van der Waals surface area contributed by atoms with Crippen LogP contribution in [0.5, 0.6) is 5.75 Å². The number of ketones is 1. The van der Waals surface area contributed by atoms with E-state index in [-0.39, 0.29) is 36.7 Å². The van der Waals surface area contributed by atoms with Crippen molar-refractivity contribution in [2.45, 2.75) is 31.6 Å². The van der Waals surface area contributed by atoms with Crippen molar-refractivity contribution >= 4 is 21.8 Å². The van der Waals surface area contributed by atoms with Gasteiger partial charge in [0, 0.05) is 18.5 Å². The minimum absolute atomic E-state index is 0.00530. The van der Waals surface area contributed by atoms with E-state index in [9.17, 15) is 18.0 Å². The van der Waals surface area contributed by atoms with Crippen molar-refractivity contribution < 1.29 is 27.5 Å². The molecule has 8 heteroatoms. The van der Waals surface area contributed by atoms with Crippen LogP contribution in [0, 0.1) is 13.8 Å². The summed E-state index contributed by atoms with van der Waals surface area (Å²) in [5, 5.41) is 0. The van der Waals surface area contributed by atoms with Crippen LogP contribution in [0.2, 0.25) is 0 Å². The Kier molecular flexibility index (Phi) is 7.92. The quantitative estimate of drug-likeness (QED) is 0.361. The van der Waals surface area contributed by atoms with E-state index >= 15 is 0 Å². The third-order valence-corrected chi connectivity index (χ3v) is 5.87. The summed E-state index contributed by atoms with van der Waals surface area (Å²) in [6, 6.07) is 11.4. The Balaban J connectivity index is 1.73. The maximum atomic E-state index is 12.3. The molecule has 7 nitrogen and oxygen atoms in total. The predicted octanol–water partition coefficient (Wildman–Crippen LogP) is 2.80. The van der Waals surface area contributed by atoms with Crippen molar-refractivity contribution in [1.82, 2.24) is 4.72 Å². The summed E-state index contributed by atoms with van der Waals surface area (Å²) in [6.07, 6.45) is 0.269. The number of carbonyl (C=O) groups is 2. The van der Waals surface area contributed by atoms with Crippen LogP contribution in [0.4, 0.5) is 0 Å². The molecule has 2 rings (SSSR count). The molecule has 0 bridgehead atoms. The predicted molar refractivity (Wildman–Crippen MR) is 109 cm³/mol. The lowest BCUT2D eigenvalue weighted by atomic mass is 10.1. The lowest BCUT2D eigenvalue weighted by Crippen LogP contribution is -2.25. The Morgan fingerprint density at radius 2 is 1.69 bits per heavy atom. The molecular formula is C21H25NO6S. The topological polar surface area (TPSA) is 98.8 Å². The minimum Gasteiger partial charge on any atom is -0.497 e. The van der Waals surface area contributed by atoms with Gasteiger partial charge in [0.1, 0.15) is 5.75 Å². The number of hydrogen-bond donors (Lipinski definition) is 1. The summed E-state index contributed by atoms with van der Waals surface area (Å²) in [4.78, 5) is 24.0. The largest absolute Gasteiger partial charge is 0.497 e. The molecule has 1 N–H and O–H groups in total. The van der Waals surface area contributed by atoms with E-state index in [4.69, 9.17) is 9.47 Å². The number of sulfonamides is 1. The number of methoxy groups -OCH3 is 1. The average molecular weight is 419 g/mol. The molecule has 2 aromatic carbocycles. The molecular weight excluding hydrogens is 394 g/mol. The number of rotatable bonds is 10. The first-order valence-corrected chi connectivity index (χ1v) is 10.6. The fraction of sp³-hybridized carbons (Fsp3) is 0.333. The molecule has 0 fully saturated rings. The molecule has 0 aliphatic carbocycles. The van der Waals surface area contributed by atoms with E-state index in [0.717, 1.165) is 11.1 Å². The molecule has 0 aromatic heterocycles. The summed E-state index contributed by atoms with van der Waals surface area (Å²) in [7, 11) is -2.10. The number of Topliss-reactive ketones (excluding diaryl/α,β-unsaturated/α-hetero) is 1. The zero-order valence-electron chi connectivity index (χ0n) is 16.7. The standard InChI is InChI=1S/C21H25NO6S/c1-15-6-11-19(13-16(15)2)29(25,26)22-12-4-5-21(24)28-14-20(23)17-7-9-18(27-3)10-8-17/h6-11,13,22H,4-5,12,14H2,1-3H3. The normalized spacial score (nSPS) is 11.1. The van der Waals surface area contributed by atoms with Crippen LogP contribution in [0.15, 0.2) is 47.4 Å². The van der Waals surface area contributed by atoms with Crippen molar-refractivity contribution in [3.8, 4) is 5.75 Å². The van der Waals surface area contributed by atoms with Gasteiger partial charge in [-0.1, -0.05) is 6.07 Å². The van der Waals surface area contributed by atoms with E-state index < -0.39 is 16.0 Å². The lowest BCUT2D eigenvalue weighted by Gasteiger charge is -2.09. The Morgan fingerprint density at radius 1 is 1.00 bits per heavy atom. The maximum Gasteiger partial charge on any atom is 0.306 e. The van der Waals surface area contributed by atoms with Gasteiger partial charge in [0.05, 0.1) is 12.0 Å². The fourth-order valence-electron chi connectivity index (χ4n) is 2.48. The van der Waals surface area contributed by atoms with Gasteiger partial charge < -0.3 is 9.47 Å². The van der Waals surface area contributed by atoms with E-state index in [1.807, 2.05) is 13.8 Å². The summed E-state index contributed by atoms with van der Waals surface area (Å²) in [5.41, 5.74) is 2.31. The van der Waals surface area contributed by atoms with Crippen LogP contribution < -0.4 is 9.46 Å². The molecule has 156 valence electrons. The van der Waals surface area contributed by atoms with Gasteiger partial charge in [-0.25, -0.2) is 13.1 Å². The van der Waals surface area contributed by atoms with Crippen LogP contribution in [-0.2, 0) is 19.6 Å². The number of esters is 1. The molecule has 0 atom stereocenters. The second-order valence-electron chi connectivity index (χ2n) is 6.56. The zero-order chi connectivity index (χ0) is 21.4. The van der Waals surface area contributed by atoms with Crippen molar-refractivity contribution in [2.75, 3.05) is 20.3 Å². The number of aryl methyl sites for hydroxylation is 2. The van der Waals surface area contributed by atoms with Gasteiger partial charge in [0.25, 0.3) is 0 Å². The Labute approximate surface area is 171 Å². The first kappa shape index (κ1) is 22.6. The van der Waals surface area contributed by atoms with Crippen molar-refractivity contribution in [3.63, 3.8) is 0 Å². The van der Waals surface area contributed by atoms with Gasteiger partial charge in [0.2, 0.25) is 10.0 Å². The smallest absolute Gasteiger partial charge is 0.306 e. The lowest BCUT2D eigenvalue weighted by molar-refractivity contribution is -0.142. The fourth-order valence-corrected chi connectivity index (χ4v) is 3.64. The molecule has 0 spiro atoms. The van der Waals surface area contributed by atoms with E-state index in [0.29, 0.717) is 11.3 Å². The highest BCUT2D eigenvalue weighted by Gasteiger charge is 2.15. The Bertz CT molecular complexity index is 967. The van der Waals surface area contributed by atoms with Crippen LogP contribution in [0.1, 0.15) is 34.3 Å². The number of hydrogen-bond acceptors (Lipinski definition) is 6. The number of ether oxygens (including phenoxy) is 2. The molecule has 0 aliphatic heterocycles. The van der Waals surface area contributed by atoms with Crippen LogP contribution in [0.25, 0.3) is 0 Å². The molecule has 0 heterocycles. The van der Waals surface area contributed by atoms with E-state index in [1.165, 1.54) is 7.11 Å². The van der Waals surface area contributed by atoms with E-state index in [2.05, 4.69) is 4.72 Å². The molecule has 0 radical (unpaired) electrons.